The predicted molar refractivity (Wildman–Crippen MR) is 93.9 cm³/mol. The molecule has 0 saturated heterocycles. The molecule has 5 unspecified atom stereocenters. The van der Waals surface area contributed by atoms with Crippen molar-refractivity contribution < 1.29 is 19.4 Å². The van der Waals surface area contributed by atoms with Crippen LogP contribution < -0.4 is 0 Å². The van der Waals surface area contributed by atoms with Crippen LogP contribution in [0.4, 0.5) is 0 Å². The van der Waals surface area contributed by atoms with Gasteiger partial charge in [-0.15, -0.1) is 0 Å². The van der Waals surface area contributed by atoms with Crippen LogP contribution in [0.3, 0.4) is 0 Å². The van der Waals surface area contributed by atoms with Crippen LogP contribution in [-0.2, 0) is 14.3 Å². The molecule has 0 aromatic rings. The molecule has 4 nitrogen and oxygen atoms in total. The second kappa shape index (κ2) is 5.99. The molecule has 5 saturated carbocycles. The van der Waals surface area contributed by atoms with Crippen LogP contribution in [0.1, 0.15) is 78.1 Å². The number of hydrogen-bond donors (Lipinski definition) is 1. The minimum Gasteiger partial charge on any atom is -0.481 e. The number of carboxylic acids is 1. The van der Waals surface area contributed by atoms with Crippen molar-refractivity contribution in [1.29, 1.82) is 0 Å². The molecule has 25 heavy (non-hydrogen) atoms. The molecule has 5 aliphatic carbocycles. The first kappa shape index (κ1) is 17.4. The summed E-state index contributed by atoms with van der Waals surface area (Å²) in [7, 11) is 0. The quantitative estimate of drug-likeness (QED) is 0.747. The summed E-state index contributed by atoms with van der Waals surface area (Å²) in [6.45, 7) is 4.38. The Kier molecular flexibility index (Phi) is 4.16. The number of carbonyl (C=O) groups excluding carboxylic acids is 1. The first-order valence-electron chi connectivity index (χ1n) is 10.3. The highest BCUT2D eigenvalue weighted by atomic mass is 16.6. The molecule has 0 spiro atoms. The van der Waals surface area contributed by atoms with Gasteiger partial charge in [0, 0.05) is 6.42 Å². The van der Waals surface area contributed by atoms with E-state index in [1.807, 2.05) is 0 Å². The summed E-state index contributed by atoms with van der Waals surface area (Å²) in [5.74, 6) is 1.29. The van der Waals surface area contributed by atoms with Gasteiger partial charge in [-0.05, 0) is 68.6 Å². The monoisotopic (exact) mass is 348 g/mol. The van der Waals surface area contributed by atoms with E-state index < -0.39 is 17.0 Å². The normalized spacial score (nSPS) is 47.8. The first-order valence-corrected chi connectivity index (χ1v) is 10.3. The Balaban J connectivity index is 1.52. The molecule has 0 aliphatic heterocycles. The number of ether oxygens (including phenoxy) is 1. The van der Waals surface area contributed by atoms with Crippen LogP contribution in [0.15, 0.2) is 0 Å². The predicted octanol–water partition coefficient (Wildman–Crippen LogP) is 4.42. The molecule has 5 aliphatic rings. The number of aliphatic carboxylic acids is 1. The van der Waals surface area contributed by atoms with Crippen molar-refractivity contribution in [2.45, 2.75) is 83.7 Å². The Morgan fingerprint density at radius 3 is 2.24 bits per heavy atom. The van der Waals surface area contributed by atoms with Gasteiger partial charge in [-0.25, -0.2) is 0 Å². The van der Waals surface area contributed by atoms with Crippen molar-refractivity contribution >= 4 is 11.9 Å². The van der Waals surface area contributed by atoms with E-state index in [9.17, 15) is 14.7 Å². The SMILES string of the molecule is CCC1CC(CC)C(C(=O)OC23CC4CC(C2)CC(C(=O)O)(C4)C3)C1. The number of rotatable bonds is 5. The highest BCUT2D eigenvalue weighted by Crippen LogP contribution is 2.63. The van der Waals surface area contributed by atoms with E-state index in [-0.39, 0.29) is 11.9 Å². The summed E-state index contributed by atoms with van der Waals surface area (Å²) in [6.07, 6.45) is 9.32. The maximum absolute atomic E-state index is 13.1. The Morgan fingerprint density at radius 1 is 1.00 bits per heavy atom. The lowest BCUT2D eigenvalue weighted by Gasteiger charge is -2.59. The highest BCUT2D eigenvalue weighted by molar-refractivity contribution is 5.77. The summed E-state index contributed by atoms with van der Waals surface area (Å²) < 4.78 is 6.23. The van der Waals surface area contributed by atoms with E-state index in [0.717, 1.165) is 57.8 Å². The molecule has 4 bridgehead atoms. The van der Waals surface area contributed by atoms with Crippen LogP contribution in [0.2, 0.25) is 0 Å². The zero-order valence-electron chi connectivity index (χ0n) is 15.6. The maximum atomic E-state index is 13.1. The minimum atomic E-state index is -0.666. The second-order valence-corrected chi connectivity index (χ2v) is 9.67. The zero-order chi connectivity index (χ0) is 17.8. The van der Waals surface area contributed by atoms with Gasteiger partial charge in [-0.3, -0.25) is 9.59 Å². The van der Waals surface area contributed by atoms with Crippen LogP contribution in [0, 0.1) is 35.0 Å². The molecule has 0 heterocycles. The van der Waals surface area contributed by atoms with Gasteiger partial charge in [0.1, 0.15) is 5.60 Å². The molecule has 5 rings (SSSR count). The lowest BCUT2D eigenvalue weighted by atomic mass is 9.48. The zero-order valence-corrected chi connectivity index (χ0v) is 15.6. The molecule has 0 amide bonds. The molecule has 0 radical (unpaired) electrons. The topological polar surface area (TPSA) is 63.6 Å². The number of carboxylic acid groups (broad SMARTS) is 1. The molecule has 4 heteroatoms. The van der Waals surface area contributed by atoms with E-state index >= 15 is 0 Å². The molecule has 0 aromatic carbocycles. The Morgan fingerprint density at radius 2 is 1.68 bits per heavy atom. The maximum Gasteiger partial charge on any atom is 0.309 e. The van der Waals surface area contributed by atoms with Crippen molar-refractivity contribution in [2.24, 2.45) is 35.0 Å². The third-order valence-corrected chi connectivity index (χ3v) is 7.98. The van der Waals surface area contributed by atoms with Gasteiger partial charge < -0.3 is 9.84 Å². The summed E-state index contributed by atoms with van der Waals surface area (Å²) in [6, 6.07) is 0. The molecule has 5 atom stereocenters. The van der Waals surface area contributed by atoms with Gasteiger partial charge in [0.25, 0.3) is 0 Å². The smallest absolute Gasteiger partial charge is 0.309 e. The van der Waals surface area contributed by atoms with Crippen LogP contribution >= 0.6 is 0 Å². The summed E-state index contributed by atoms with van der Waals surface area (Å²) in [4.78, 5) is 25.0. The third kappa shape index (κ3) is 2.80. The fourth-order valence-corrected chi connectivity index (χ4v) is 7.15. The second-order valence-electron chi connectivity index (χ2n) is 9.67. The third-order valence-electron chi connectivity index (χ3n) is 7.98. The van der Waals surface area contributed by atoms with Gasteiger partial charge >= 0.3 is 11.9 Å². The lowest BCUT2D eigenvalue weighted by molar-refractivity contribution is -0.213. The van der Waals surface area contributed by atoms with Crippen molar-refractivity contribution in [2.75, 3.05) is 0 Å². The number of carbonyl (C=O) groups is 2. The molecule has 5 fully saturated rings. The number of esters is 1. The molecular weight excluding hydrogens is 316 g/mol. The van der Waals surface area contributed by atoms with Crippen LogP contribution in [0.5, 0.6) is 0 Å². The largest absolute Gasteiger partial charge is 0.481 e. The molecule has 1 N–H and O–H groups in total. The summed E-state index contributed by atoms with van der Waals surface area (Å²) in [5.41, 5.74) is -1.11. The summed E-state index contributed by atoms with van der Waals surface area (Å²) in [5, 5.41) is 9.85. The molecular formula is C21H32O4. The van der Waals surface area contributed by atoms with Crippen molar-refractivity contribution in [3.05, 3.63) is 0 Å². The fourth-order valence-electron chi connectivity index (χ4n) is 7.15. The van der Waals surface area contributed by atoms with Crippen molar-refractivity contribution in [1.82, 2.24) is 0 Å². The van der Waals surface area contributed by atoms with Crippen molar-refractivity contribution in [3.63, 3.8) is 0 Å². The Hall–Kier alpha value is -1.06. The Bertz CT molecular complexity index is 554. The van der Waals surface area contributed by atoms with Gasteiger partial charge in [0.15, 0.2) is 0 Å². The average molecular weight is 348 g/mol. The Labute approximate surface area is 150 Å². The van der Waals surface area contributed by atoms with E-state index in [1.165, 1.54) is 0 Å². The van der Waals surface area contributed by atoms with Gasteiger partial charge in [-0.2, -0.15) is 0 Å². The standard InChI is InChI=1S/C21H32O4/c1-3-13-6-16(4-2)17(7-13)18(22)25-21-10-14-5-15(11-21)9-20(8-14,12-21)19(23)24/h13-17H,3-12H2,1-2H3,(H,23,24). The van der Waals surface area contributed by atoms with Gasteiger partial charge in [-0.1, -0.05) is 26.7 Å². The molecule has 140 valence electrons. The highest BCUT2D eigenvalue weighted by Gasteiger charge is 2.63. The fraction of sp³-hybridized carbons (Fsp3) is 0.905. The van der Waals surface area contributed by atoms with Gasteiger partial charge in [0.05, 0.1) is 11.3 Å². The summed E-state index contributed by atoms with van der Waals surface area (Å²) >= 11 is 0. The van der Waals surface area contributed by atoms with E-state index in [0.29, 0.717) is 30.1 Å². The minimum absolute atomic E-state index is 0.0229. The lowest BCUT2D eigenvalue weighted by Crippen LogP contribution is -2.60. The number of hydrogen-bond acceptors (Lipinski definition) is 3. The van der Waals surface area contributed by atoms with Crippen LogP contribution in [0.25, 0.3) is 0 Å². The van der Waals surface area contributed by atoms with Crippen LogP contribution in [-0.4, -0.2) is 22.6 Å². The first-order chi connectivity index (χ1) is 11.9. The average Bonchev–Trinajstić information content (AvgIpc) is 2.96. The van der Waals surface area contributed by atoms with Gasteiger partial charge in [0.2, 0.25) is 0 Å². The van der Waals surface area contributed by atoms with E-state index in [4.69, 9.17) is 4.74 Å². The van der Waals surface area contributed by atoms with E-state index in [2.05, 4.69) is 13.8 Å². The van der Waals surface area contributed by atoms with Crippen molar-refractivity contribution in [3.8, 4) is 0 Å². The molecule has 0 aromatic heterocycles. The van der Waals surface area contributed by atoms with E-state index in [1.54, 1.807) is 0 Å².